The number of amides is 1. The maximum Gasteiger partial charge on any atom is 0.294 e. The third kappa shape index (κ3) is 4.18. The van der Waals surface area contributed by atoms with Gasteiger partial charge in [-0.15, -0.1) is 0 Å². The van der Waals surface area contributed by atoms with Gasteiger partial charge in [0, 0.05) is 5.69 Å². The number of rotatable bonds is 4. The molecule has 5 nitrogen and oxygen atoms in total. The zero-order chi connectivity index (χ0) is 24.8. The lowest BCUT2D eigenvalue weighted by molar-refractivity contribution is -0.117. The molecule has 0 saturated heterocycles. The zero-order valence-electron chi connectivity index (χ0n) is 20.5. The van der Waals surface area contributed by atoms with Gasteiger partial charge in [-0.1, -0.05) is 77.9 Å². The monoisotopic (exact) mass is 457 g/mol. The van der Waals surface area contributed by atoms with Gasteiger partial charge in [-0.2, -0.15) is 0 Å². The number of aliphatic hydroxyl groups is 1. The number of hydrogen-bond donors (Lipinski definition) is 1. The topological polar surface area (TPSA) is 70.7 Å². The summed E-state index contributed by atoms with van der Waals surface area (Å²) < 4.78 is 5.31. The van der Waals surface area contributed by atoms with E-state index in [9.17, 15) is 14.7 Å². The highest BCUT2D eigenvalue weighted by molar-refractivity contribution is 6.20. The van der Waals surface area contributed by atoms with Crippen LogP contribution in [0.4, 0.5) is 5.69 Å². The van der Waals surface area contributed by atoms with Crippen molar-refractivity contribution in [3.63, 3.8) is 0 Å². The van der Waals surface area contributed by atoms with Gasteiger partial charge < -0.3 is 9.52 Å². The van der Waals surface area contributed by atoms with Crippen LogP contribution in [0.15, 0.2) is 82.7 Å². The van der Waals surface area contributed by atoms with Crippen molar-refractivity contribution in [2.75, 3.05) is 4.90 Å². The molecule has 0 aliphatic carbocycles. The summed E-state index contributed by atoms with van der Waals surface area (Å²) in [4.78, 5) is 28.2. The first-order chi connectivity index (χ1) is 15.9. The van der Waals surface area contributed by atoms with Crippen molar-refractivity contribution in [1.29, 1.82) is 0 Å². The van der Waals surface area contributed by atoms with Crippen molar-refractivity contribution in [3.8, 4) is 0 Å². The number of anilines is 1. The number of carbonyl (C=O) groups excluding carboxylic acids is 2. The number of hydrogen-bond acceptors (Lipinski definition) is 4. The lowest BCUT2D eigenvalue weighted by Gasteiger charge is -2.28. The van der Waals surface area contributed by atoms with E-state index in [1.807, 2.05) is 48.5 Å². The molecule has 1 amide bonds. The smallest absolute Gasteiger partial charge is 0.294 e. The van der Waals surface area contributed by atoms with Gasteiger partial charge in [0.15, 0.2) is 11.5 Å². The largest absolute Gasteiger partial charge is 0.503 e. The Morgan fingerprint density at radius 1 is 0.853 bits per heavy atom. The normalized spacial score (nSPS) is 16.9. The van der Waals surface area contributed by atoms with Crippen molar-refractivity contribution in [2.45, 2.75) is 58.4 Å². The Hall–Kier alpha value is -3.60. The van der Waals surface area contributed by atoms with Crippen molar-refractivity contribution in [1.82, 2.24) is 0 Å². The molecule has 176 valence electrons. The molecule has 5 heteroatoms. The lowest BCUT2D eigenvalue weighted by Crippen LogP contribution is -2.31. The number of furan rings is 1. The Balaban J connectivity index is 1.84. The second kappa shape index (κ2) is 8.32. The highest BCUT2D eigenvalue weighted by Crippen LogP contribution is 2.42. The molecule has 0 fully saturated rings. The molecule has 1 aliphatic rings. The van der Waals surface area contributed by atoms with Crippen LogP contribution in [-0.4, -0.2) is 16.8 Å². The van der Waals surface area contributed by atoms with Crippen LogP contribution in [0.2, 0.25) is 0 Å². The number of ketones is 1. The standard InChI is InChI=1S/C29H31NO4/c1-28(2,3)19-11-9-18(10-12-19)24-23(25(31)22-8-7-17-34-22)26(32)27(33)30(24)21-15-13-20(14-16-21)29(4,5)6/h7-17,24,32H,1-6H3. The Bertz CT molecular complexity index is 1240. The molecule has 2 heterocycles. The van der Waals surface area contributed by atoms with Gasteiger partial charge in [0.1, 0.15) is 0 Å². The van der Waals surface area contributed by atoms with Crippen molar-refractivity contribution in [3.05, 3.63) is 101 Å². The van der Waals surface area contributed by atoms with Crippen LogP contribution in [0, 0.1) is 0 Å². The average Bonchev–Trinajstić information content (AvgIpc) is 3.40. The minimum Gasteiger partial charge on any atom is -0.503 e. The van der Waals surface area contributed by atoms with E-state index < -0.39 is 23.5 Å². The second-order valence-corrected chi connectivity index (χ2v) is 10.8. The van der Waals surface area contributed by atoms with E-state index in [2.05, 4.69) is 41.5 Å². The summed E-state index contributed by atoms with van der Waals surface area (Å²) in [5.41, 5.74) is 3.53. The van der Waals surface area contributed by atoms with Crippen LogP contribution in [0.25, 0.3) is 0 Å². The summed E-state index contributed by atoms with van der Waals surface area (Å²) in [7, 11) is 0. The molecule has 0 radical (unpaired) electrons. The van der Waals surface area contributed by atoms with Gasteiger partial charge >= 0.3 is 0 Å². The van der Waals surface area contributed by atoms with E-state index in [-0.39, 0.29) is 22.2 Å². The van der Waals surface area contributed by atoms with E-state index in [1.165, 1.54) is 17.2 Å². The van der Waals surface area contributed by atoms with Crippen molar-refractivity contribution < 1.29 is 19.1 Å². The molecule has 3 aromatic rings. The number of aliphatic hydroxyl groups excluding tert-OH is 1. The van der Waals surface area contributed by atoms with Gasteiger partial charge in [0.25, 0.3) is 5.91 Å². The minimum absolute atomic E-state index is 0.0170. The number of carbonyl (C=O) groups is 2. The fourth-order valence-corrected chi connectivity index (χ4v) is 4.25. The van der Waals surface area contributed by atoms with Crippen molar-refractivity contribution in [2.24, 2.45) is 0 Å². The molecule has 1 N–H and O–H groups in total. The van der Waals surface area contributed by atoms with E-state index >= 15 is 0 Å². The molecule has 0 saturated carbocycles. The molecule has 1 unspecified atom stereocenters. The van der Waals surface area contributed by atoms with E-state index in [4.69, 9.17) is 4.42 Å². The number of Topliss-reactive ketones (excluding diaryl/α,β-unsaturated/α-hetero) is 1. The van der Waals surface area contributed by atoms with Gasteiger partial charge in [-0.25, -0.2) is 0 Å². The Labute approximate surface area is 200 Å². The second-order valence-electron chi connectivity index (χ2n) is 10.8. The summed E-state index contributed by atoms with van der Waals surface area (Å²) in [6.45, 7) is 12.7. The molecule has 4 rings (SSSR count). The highest BCUT2D eigenvalue weighted by Gasteiger charge is 2.45. The molecule has 0 spiro atoms. The maximum atomic E-state index is 13.3. The zero-order valence-corrected chi connectivity index (χ0v) is 20.5. The van der Waals surface area contributed by atoms with Crippen LogP contribution < -0.4 is 4.90 Å². The highest BCUT2D eigenvalue weighted by atomic mass is 16.3. The molecule has 1 aromatic heterocycles. The van der Waals surface area contributed by atoms with Crippen LogP contribution in [0.1, 0.15) is 74.8 Å². The third-order valence-corrected chi connectivity index (χ3v) is 6.30. The minimum atomic E-state index is -0.778. The first-order valence-corrected chi connectivity index (χ1v) is 11.5. The Morgan fingerprint density at radius 2 is 1.38 bits per heavy atom. The van der Waals surface area contributed by atoms with Crippen molar-refractivity contribution >= 4 is 17.4 Å². The van der Waals surface area contributed by atoms with Crippen LogP contribution in [0.5, 0.6) is 0 Å². The van der Waals surface area contributed by atoms with E-state index in [0.29, 0.717) is 5.69 Å². The predicted molar refractivity (Wildman–Crippen MR) is 133 cm³/mol. The summed E-state index contributed by atoms with van der Waals surface area (Å²) >= 11 is 0. The lowest BCUT2D eigenvalue weighted by atomic mass is 9.85. The van der Waals surface area contributed by atoms with Crippen LogP contribution in [-0.2, 0) is 15.6 Å². The van der Waals surface area contributed by atoms with Crippen LogP contribution >= 0.6 is 0 Å². The quantitative estimate of drug-likeness (QED) is 0.445. The Kier molecular flexibility index (Phi) is 5.76. The molecule has 1 atom stereocenters. The molecule has 2 aromatic carbocycles. The number of nitrogens with zero attached hydrogens (tertiary/aromatic N) is 1. The third-order valence-electron chi connectivity index (χ3n) is 6.30. The summed E-state index contributed by atoms with van der Waals surface area (Å²) in [6, 6.07) is 17.9. The maximum absolute atomic E-state index is 13.3. The van der Waals surface area contributed by atoms with E-state index in [0.717, 1.165) is 16.7 Å². The van der Waals surface area contributed by atoms with E-state index in [1.54, 1.807) is 6.07 Å². The van der Waals surface area contributed by atoms with Gasteiger partial charge in [0.05, 0.1) is 17.9 Å². The fraction of sp³-hybridized carbons (Fsp3) is 0.310. The summed E-state index contributed by atoms with van der Waals surface area (Å²) in [5, 5.41) is 10.9. The molecular weight excluding hydrogens is 426 g/mol. The van der Waals surface area contributed by atoms with Crippen LogP contribution in [0.3, 0.4) is 0 Å². The summed E-state index contributed by atoms with van der Waals surface area (Å²) in [5.74, 6) is -1.58. The van der Waals surface area contributed by atoms with Gasteiger partial charge in [0.2, 0.25) is 5.78 Å². The van der Waals surface area contributed by atoms with Gasteiger partial charge in [-0.05, 0) is 51.8 Å². The summed E-state index contributed by atoms with van der Waals surface area (Å²) in [6.07, 6.45) is 1.40. The molecule has 0 bridgehead atoms. The molecule has 34 heavy (non-hydrogen) atoms. The molecular formula is C29H31NO4. The average molecular weight is 458 g/mol. The first-order valence-electron chi connectivity index (χ1n) is 11.5. The SMILES string of the molecule is CC(C)(C)c1ccc(C2C(C(=O)c3ccco3)=C(O)C(=O)N2c2ccc(C(C)(C)C)cc2)cc1. The number of benzene rings is 2. The Morgan fingerprint density at radius 3 is 1.85 bits per heavy atom. The van der Waals surface area contributed by atoms with Gasteiger partial charge in [-0.3, -0.25) is 14.5 Å². The fourth-order valence-electron chi connectivity index (χ4n) is 4.25. The first kappa shape index (κ1) is 23.6. The molecule has 1 aliphatic heterocycles. The predicted octanol–water partition coefficient (Wildman–Crippen LogP) is 6.66.